The molecule has 0 aliphatic heterocycles. The molecule has 36 heavy (non-hydrogen) atoms. The Labute approximate surface area is 217 Å². The van der Waals surface area contributed by atoms with Crippen LogP contribution in [0, 0.1) is 0 Å². The number of hydrogen-bond donors (Lipinski definition) is 2. The van der Waals surface area contributed by atoms with Gasteiger partial charge in [-0.05, 0) is 42.5 Å². The number of anilines is 2. The van der Waals surface area contributed by atoms with Gasteiger partial charge in [0.1, 0.15) is 24.0 Å². The average Bonchev–Trinajstić information content (AvgIpc) is 2.86. The van der Waals surface area contributed by atoms with Crippen LogP contribution < -0.4 is 21.3 Å². The number of pyridine rings is 1. The maximum absolute atomic E-state index is 13.1. The molecule has 3 N–H and O–H groups in total. The number of aryl methyl sites for hydroxylation is 1. The fourth-order valence-electron chi connectivity index (χ4n) is 3.59. The number of ether oxygens (including phenoxy) is 1. The van der Waals surface area contributed by atoms with Crippen LogP contribution in [0.5, 0.6) is 5.75 Å². The SMILES string of the molecule is CN(C)C(=O)[C@H](N)COc1ccc(Nc2ncc3cc(-c4c(Cl)cccc4Cl)c(=O)n(C)c3n2)cc1. The normalized spacial score (nSPS) is 11.8. The van der Waals surface area contributed by atoms with Crippen molar-refractivity contribution in [3.63, 3.8) is 0 Å². The number of fused-ring (bicyclic) bond motifs is 1. The lowest BCUT2D eigenvalue weighted by Gasteiger charge is -2.17. The lowest BCUT2D eigenvalue weighted by atomic mass is 10.1. The first-order valence-electron chi connectivity index (χ1n) is 10.9. The van der Waals surface area contributed by atoms with Crippen LogP contribution in [0.1, 0.15) is 0 Å². The van der Waals surface area contributed by atoms with Gasteiger partial charge in [-0.15, -0.1) is 0 Å². The molecule has 1 amide bonds. The van der Waals surface area contributed by atoms with Crippen molar-refractivity contribution in [2.45, 2.75) is 6.04 Å². The highest BCUT2D eigenvalue weighted by molar-refractivity contribution is 6.39. The third-order valence-corrected chi connectivity index (χ3v) is 6.11. The zero-order chi connectivity index (χ0) is 26.0. The van der Waals surface area contributed by atoms with E-state index in [2.05, 4.69) is 15.3 Å². The molecule has 0 saturated heterocycles. The number of carbonyl (C=O) groups excluding carboxylic acids is 1. The van der Waals surface area contributed by atoms with Crippen molar-refractivity contribution in [2.75, 3.05) is 26.0 Å². The summed E-state index contributed by atoms with van der Waals surface area (Å²) in [6.07, 6.45) is 1.62. The Bertz CT molecular complexity index is 1470. The van der Waals surface area contributed by atoms with E-state index in [-0.39, 0.29) is 18.1 Å². The van der Waals surface area contributed by atoms with Gasteiger partial charge in [0.05, 0.1) is 15.6 Å². The van der Waals surface area contributed by atoms with Gasteiger partial charge in [-0.1, -0.05) is 29.3 Å². The average molecular weight is 527 g/mol. The third kappa shape index (κ3) is 5.28. The number of nitrogens with zero attached hydrogens (tertiary/aromatic N) is 4. The molecule has 1 atom stereocenters. The fraction of sp³-hybridized carbons (Fsp3) is 0.200. The number of nitrogens with one attached hydrogen (secondary N) is 1. The van der Waals surface area contributed by atoms with Gasteiger partial charge in [-0.25, -0.2) is 4.98 Å². The minimum atomic E-state index is -0.745. The van der Waals surface area contributed by atoms with Gasteiger partial charge < -0.3 is 20.7 Å². The van der Waals surface area contributed by atoms with Crippen molar-refractivity contribution in [2.24, 2.45) is 12.8 Å². The second kappa shape index (κ2) is 10.5. The van der Waals surface area contributed by atoms with Crippen molar-refractivity contribution in [3.8, 4) is 16.9 Å². The summed E-state index contributed by atoms with van der Waals surface area (Å²) in [4.78, 5) is 35.3. The van der Waals surface area contributed by atoms with E-state index < -0.39 is 6.04 Å². The quantitative estimate of drug-likeness (QED) is 0.375. The van der Waals surface area contributed by atoms with Crippen LogP contribution in [0.15, 0.2) is 59.5 Å². The van der Waals surface area contributed by atoms with Crippen LogP contribution in [-0.2, 0) is 11.8 Å². The van der Waals surface area contributed by atoms with Crippen molar-refractivity contribution < 1.29 is 9.53 Å². The Morgan fingerprint density at radius 1 is 1.17 bits per heavy atom. The highest BCUT2D eigenvalue weighted by Gasteiger charge is 2.17. The van der Waals surface area contributed by atoms with Crippen LogP contribution in [-0.4, -0.2) is 52.1 Å². The van der Waals surface area contributed by atoms with E-state index in [4.69, 9.17) is 33.7 Å². The van der Waals surface area contributed by atoms with Crippen molar-refractivity contribution in [1.82, 2.24) is 19.4 Å². The summed E-state index contributed by atoms with van der Waals surface area (Å²) in [6.45, 7) is 0.0625. The molecule has 0 fully saturated rings. The summed E-state index contributed by atoms with van der Waals surface area (Å²) in [7, 11) is 4.92. The van der Waals surface area contributed by atoms with Gasteiger partial charge in [0, 0.05) is 44.0 Å². The monoisotopic (exact) mass is 526 g/mol. The molecule has 0 bridgehead atoms. The van der Waals surface area contributed by atoms with E-state index in [0.717, 1.165) is 0 Å². The highest BCUT2D eigenvalue weighted by atomic mass is 35.5. The molecule has 0 saturated carbocycles. The lowest BCUT2D eigenvalue weighted by molar-refractivity contribution is -0.130. The Kier molecular flexibility index (Phi) is 7.44. The van der Waals surface area contributed by atoms with Gasteiger partial charge in [0.15, 0.2) is 0 Å². The topological polar surface area (TPSA) is 115 Å². The third-order valence-electron chi connectivity index (χ3n) is 5.48. The largest absolute Gasteiger partial charge is 0.491 e. The molecular formula is C25H24Cl2N6O3. The maximum atomic E-state index is 13.1. The number of carbonyl (C=O) groups is 1. The van der Waals surface area contributed by atoms with Crippen molar-refractivity contribution >= 4 is 51.8 Å². The van der Waals surface area contributed by atoms with E-state index >= 15 is 0 Å². The van der Waals surface area contributed by atoms with Crippen molar-refractivity contribution in [1.29, 1.82) is 0 Å². The molecule has 9 nitrogen and oxygen atoms in total. The van der Waals surface area contributed by atoms with Gasteiger partial charge in [-0.2, -0.15) is 4.98 Å². The van der Waals surface area contributed by atoms with Gasteiger partial charge in [-0.3, -0.25) is 14.2 Å². The molecular weight excluding hydrogens is 503 g/mol. The molecule has 0 spiro atoms. The summed E-state index contributed by atoms with van der Waals surface area (Å²) < 4.78 is 7.04. The van der Waals surface area contributed by atoms with Crippen molar-refractivity contribution in [3.05, 3.63) is 75.1 Å². The lowest BCUT2D eigenvalue weighted by Crippen LogP contribution is -2.43. The molecule has 11 heteroatoms. The van der Waals surface area contributed by atoms with Gasteiger partial charge in [0.2, 0.25) is 11.9 Å². The number of nitrogens with two attached hydrogens (primary N) is 1. The minimum absolute atomic E-state index is 0.0625. The number of hydrogen-bond acceptors (Lipinski definition) is 7. The first-order chi connectivity index (χ1) is 17.2. The van der Waals surface area contributed by atoms with E-state index in [1.54, 1.807) is 75.9 Å². The van der Waals surface area contributed by atoms with E-state index in [9.17, 15) is 9.59 Å². The number of rotatable bonds is 7. The number of halogens is 2. The molecule has 186 valence electrons. The number of benzene rings is 2. The predicted octanol–water partition coefficient (Wildman–Crippen LogP) is 3.84. The van der Waals surface area contributed by atoms with Gasteiger partial charge in [0.25, 0.3) is 5.56 Å². The molecule has 0 radical (unpaired) electrons. The Hall–Kier alpha value is -3.66. The molecule has 0 unspecified atom stereocenters. The number of aromatic nitrogens is 3. The second-order valence-corrected chi connectivity index (χ2v) is 9.11. The number of amides is 1. The van der Waals surface area contributed by atoms with E-state index in [1.165, 1.54) is 9.47 Å². The smallest absolute Gasteiger partial charge is 0.259 e. The second-order valence-electron chi connectivity index (χ2n) is 8.29. The van der Waals surface area contributed by atoms with E-state index in [0.29, 0.717) is 49.6 Å². The molecule has 4 aromatic rings. The standard InChI is InChI=1S/C25H24Cl2N6O3/c1-32(2)24(35)20(28)13-36-16-9-7-15(8-10-16)30-25-29-12-14-11-17(23(34)33(3)22(14)31-25)21-18(26)5-4-6-19(21)27/h4-12,20H,13,28H2,1-3H3,(H,29,30,31)/t20-/m1/s1. The summed E-state index contributed by atoms with van der Waals surface area (Å²) >= 11 is 12.6. The van der Waals surface area contributed by atoms with Crippen LogP contribution in [0.2, 0.25) is 10.0 Å². The Balaban J connectivity index is 1.54. The summed E-state index contributed by atoms with van der Waals surface area (Å²) in [5, 5.41) is 4.54. The summed E-state index contributed by atoms with van der Waals surface area (Å²) in [5.41, 5.74) is 7.55. The Morgan fingerprint density at radius 3 is 2.47 bits per heavy atom. The van der Waals surface area contributed by atoms with Crippen LogP contribution in [0.3, 0.4) is 0 Å². The molecule has 0 aliphatic carbocycles. The fourth-order valence-corrected chi connectivity index (χ4v) is 4.19. The van der Waals surface area contributed by atoms with Gasteiger partial charge >= 0.3 is 0 Å². The molecule has 2 aromatic carbocycles. The first kappa shape index (κ1) is 25.4. The first-order valence-corrected chi connectivity index (χ1v) is 11.7. The van der Waals surface area contributed by atoms with Crippen LogP contribution >= 0.6 is 23.2 Å². The summed E-state index contributed by atoms with van der Waals surface area (Å²) in [6, 6.07) is 13.1. The zero-order valence-electron chi connectivity index (χ0n) is 19.8. The Morgan fingerprint density at radius 2 is 1.83 bits per heavy atom. The predicted molar refractivity (Wildman–Crippen MR) is 142 cm³/mol. The molecule has 2 aromatic heterocycles. The maximum Gasteiger partial charge on any atom is 0.259 e. The van der Waals surface area contributed by atoms with E-state index in [1.807, 2.05) is 0 Å². The minimum Gasteiger partial charge on any atom is -0.491 e. The van der Waals surface area contributed by atoms with Crippen LogP contribution in [0.25, 0.3) is 22.2 Å². The van der Waals surface area contributed by atoms with Crippen LogP contribution in [0.4, 0.5) is 11.6 Å². The highest BCUT2D eigenvalue weighted by Crippen LogP contribution is 2.33. The molecule has 4 rings (SSSR count). The zero-order valence-corrected chi connectivity index (χ0v) is 21.3. The summed E-state index contributed by atoms with van der Waals surface area (Å²) in [5.74, 6) is 0.668. The number of likely N-dealkylation sites (N-methyl/N-ethyl adjacent to an activating group) is 1. The molecule has 0 aliphatic rings. The molecule has 2 heterocycles.